The maximum Gasteiger partial charge on any atom is 0.258 e. The molecule has 0 amide bonds. The molecule has 3 aromatic rings. The second-order valence-electron chi connectivity index (χ2n) is 6.04. The van der Waals surface area contributed by atoms with Gasteiger partial charge in [-0.2, -0.15) is 0 Å². The predicted octanol–water partition coefficient (Wildman–Crippen LogP) is 3.68. The quantitative estimate of drug-likeness (QED) is 0.597. The summed E-state index contributed by atoms with van der Waals surface area (Å²) >= 11 is 6.27. The van der Waals surface area contributed by atoms with Crippen molar-refractivity contribution in [3.63, 3.8) is 0 Å². The van der Waals surface area contributed by atoms with Gasteiger partial charge in [-0.15, -0.1) is 0 Å². The Hall–Kier alpha value is -2.57. The molecule has 0 spiro atoms. The molecule has 1 N–H and O–H groups in total. The second-order valence-corrected chi connectivity index (χ2v) is 6.44. The van der Waals surface area contributed by atoms with Gasteiger partial charge in [-0.3, -0.25) is 9.20 Å². The highest BCUT2D eigenvalue weighted by Gasteiger charge is 2.10. The SMILES string of the molecule is CCOCCOc1c(Cl)cccc1NCc1cc(=O)n2cc(C)ccc2n1. The first-order valence-corrected chi connectivity index (χ1v) is 9.18. The van der Waals surface area contributed by atoms with Gasteiger partial charge in [0.15, 0.2) is 5.75 Å². The van der Waals surface area contributed by atoms with Gasteiger partial charge in [-0.05, 0) is 37.6 Å². The number of nitrogens with one attached hydrogen (secondary N) is 1. The van der Waals surface area contributed by atoms with Gasteiger partial charge in [-0.25, -0.2) is 4.98 Å². The van der Waals surface area contributed by atoms with Crippen molar-refractivity contribution in [3.8, 4) is 5.75 Å². The Morgan fingerprint density at radius 3 is 2.89 bits per heavy atom. The van der Waals surface area contributed by atoms with E-state index in [1.165, 1.54) is 6.07 Å². The number of para-hydroxylation sites is 1. The largest absolute Gasteiger partial charge is 0.487 e. The highest BCUT2D eigenvalue weighted by Crippen LogP contribution is 2.33. The molecule has 0 bridgehead atoms. The van der Waals surface area contributed by atoms with Crippen LogP contribution in [0.4, 0.5) is 5.69 Å². The van der Waals surface area contributed by atoms with Crippen LogP contribution in [0.1, 0.15) is 18.2 Å². The number of anilines is 1. The van der Waals surface area contributed by atoms with Crippen molar-refractivity contribution in [2.24, 2.45) is 0 Å². The molecule has 3 rings (SSSR count). The molecular formula is C20H22ClN3O3. The fourth-order valence-electron chi connectivity index (χ4n) is 2.68. The number of rotatable bonds is 8. The van der Waals surface area contributed by atoms with Crippen LogP contribution in [0.3, 0.4) is 0 Å². The van der Waals surface area contributed by atoms with Crippen LogP contribution >= 0.6 is 11.6 Å². The van der Waals surface area contributed by atoms with E-state index in [4.69, 9.17) is 21.1 Å². The van der Waals surface area contributed by atoms with Gasteiger partial charge < -0.3 is 14.8 Å². The summed E-state index contributed by atoms with van der Waals surface area (Å²) in [6.07, 6.45) is 1.78. The molecule has 0 fully saturated rings. The summed E-state index contributed by atoms with van der Waals surface area (Å²) in [6.45, 7) is 5.78. The lowest BCUT2D eigenvalue weighted by molar-refractivity contribution is 0.110. The third kappa shape index (κ3) is 4.78. The number of hydrogen-bond acceptors (Lipinski definition) is 5. The minimum Gasteiger partial charge on any atom is -0.487 e. The van der Waals surface area contributed by atoms with E-state index in [2.05, 4.69) is 10.3 Å². The van der Waals surface area contributed by atoms with Crippen LogP contribution < -0.4 is 15.6 Å². The van der Waals surface area contributed by atoms with E-state index in [-0.39, 0.29) is 5.56 Å². The number of nitrogens with zero attached hydrogens (tertiary/aromatic N) is 2. The fourth-order valence-corrected chi connectivity index (χ4v) is 2.91. The summed E-state index contributed by atoms with van der Waals surface area (Å²) in [5, 5.41) is 3.77. The molecule has 0 saturated carbocycles. The second kappa shape index (κ2) is 8.88. The highest BCUT2D eigenvalue weighted by molar-refractivity contribution is 6.32. The Morgan fingerprint density at radius 2 is 2.07 bits per heavy atom. The van der Waals surface area contributed by atoms with Crippen LogP contribution in [-0.4, -0.2) is 29.2 Å². The maximum absolute atomic E-state index is 12.3. The van der Waals surface area contributed by atoms with Gasteiger partial charge in [0.1, 0.15) is 12.3 Å². The van der Waals surface area contributed by atoms with Gasteiger partial charge in [0, 0.05) is 18.9 Å². The molecule has 0 aliphatic carbocycles. The smallest absolute Gasteiger partial charge is 0.258 e. The predicted molar refractivity (Wildman–Crippen MR) is 107 cm³/mol. The Labute approximate surface area is 162 Å². The maximum atomic E-state index is 12.3. The minimum absolute atomic E-state index is 0.111. The monoisotopic (exact) mass is 387 g/mol. The van der Waals surface area contributed by atoms with Crippen molar-refractivity contribution in [1.82, 2.24) is 9.38 Å². The van der Waals surface area contributed by atoms with Crippen LogP contribution in [0.25, 0.3) is 5.65 Å². The van der Waals surface area contributed by atoms with Crippen molar-refractivity contribution in [3.05, 3.63) is 69.2 Å². The Kier molecular flexibility index (Phi) is 6.32. The third-order valence-electron chi connectivity index (χ3n) is 3.97. The molecule has 2 aromatic heterocycles. The van der Waals surface area contributed by atoms with Crippen molar-refractivity contribution in [1.29, 1.82) is 0 Å². The average molecular weight is 388 g/mol. The van der Waals surface area contributed by atoms with E-state index in [9.17, 15) is 4.79 Å². The van der Waals surface area contributed by atoms with Crippen molar-refractivity contribution < 1.29 is 9.47 Å². The number of hydrogen-bond donors (Lipinski definition) is 1. The van der Waals surface area contributed by atoms with Crippen LogP contribution in [0, 0.1) is 6.92 Å². The molecular weight excluding hydrogens is 366 g/mol. The highest BCUT2D eigenvalue weighted by atomic mass is 35.5. The number of aromatic nitrogens is 2. The van der Waals surface area contributed by atoms with Gasteiger partial charge in [0.25, 0.3) is 5.56 Å². The molecule has 142 valence electrons. The molecule has 7 heteroatoms. The van der Waals surface area contributed by atoms with Crippen molar-refractivity contribution in [2.45, 2.75) is 20.4 Å². The molecule has 27 heavy (non-hydrogen) atoms. The van der Waals surface area contributed by atoms with E-state index in [1.54, 1.807) is 16.7 Å². The zero-order valence-electron chi connectivity index (χ0n) is 15.4. The number of halogens is 1. The standard InChI is InChI=1S/C20H22ClN3O3/c1-3-26-9-10-27-20-16(21)5-4-6-17(20)22-12-15-11-19(25)24-13-14(2)7-8-18(24)23-15/h4-8,11,13,22H,3,9-10,12H2,1-2H3. The number of fused-ring (bicyclic) bond motifs is 1. The molecule has 0 aliphatic rings. The van der Waals surface area contributed by atoms with Gasteiger partial charge in [0.05, 0.1) is 29.6 Å². The van der Waals surface area contributed by atoms with Gasteiger partial charge in [0.2, 0.25) is 0 Å². The first kappa shape index (κ1) is 19.2. The van der Waals surface area contributed by atoms with Crippen LogP contribution in [0.15, 0.2) is 47.4 Å². The molecule has 6 nitrogen and oxygen atoms in total. The van der Waals surface area contributed by atoms with E-state index in [1.807, 2.05) is 38.1 Å². The summed E-state index contributed by atoms with van der Waals surface area (Å²) in [5.74, 6) is 0.562. The van der Waals surface area contributed by atoms with Gasteiger partial charge >= 0.3 is 0 Å². The molecule has 0 atom stereocenters. The third-order valence-corrected chi connectivity index (χ3v) is 4.26. The molecule has 2 heterocycles. The fraction of sp³-hybridized carbons (Fsp3) is 0.300. The Morgan fingerprint density at radius 1 is 1.22 bits per heavy atom. The summed E-state index contributed by atoms with van der Waals surface area (Å²) in [4.78, 5) is 16.9. The Balaban J connectivity index is 1.77. The number of benzene rings is 1. The summed E-state index contributed by atoms with van der Waals surface area (Å²) < 4.78 is 12.6. The summed E-state index contributed by atoms with van der Waals surface area (Å²) in [7, 11) is 0. The van der Waals surface area contributed by atoms with Crippen LogP contribution in [0.5, 0.6) is 5.75 Å². The van der Waals surface area contributed by atoms with Crippen LogP contribution in [-0.2, 0) is 11.3 Å². The van der Waals surface area contributed by atoms with E-state index < -0.39 is 0 Å². The van der Waals surface area contributed by atoms with E-state index in [0.717, 1.165) is 11.3 Å². The summed E-state index contributed by atoms with van der Waals surface area (Å²) in [5.41, 5.74) is 2.89. The average Bonchev–Trinajstić information content (AvgIpc) is 2.65. The molecule has 0 saturated heterocycles. The lowest BCUT2D eigenvalue weighted by atomic mass is 10.2. The van der Waals surface area contributed by atoms with Crippen LogP contribution in [0.2, 0.25) is 5.02 Å². The molecule has 1 aromatic carbocycles. The lowest BCUT2D eigenvalue weighted by Gasteiger charge is -2.14. The van der Waals surface area contributed by atoms with Gasteiger partial charge in [-0.1, -0.05) is 23.7 Å². The first-order valence-electron chi connectivity index (χ1n) is 8.80. The first-order chi connectivity index (χ1) is 13.1. The van der Waals surface area contributed by atoms with Crippen molar-refractivity contribution in [2.75, 3.05) is 25.1 Å². The topological polar surface area (TPSA) is 64.9 Å². The lowest BCUT2D eigenvalue weighted by Crippen LogP contribution is -2.17. The molecule has 0 unspecified atom stereocenters. The Bertz CT molecular complexity index is 988. The number of ether oxygens (including phenoxy) is 2. The molecule has 0 radical (unpaired) electrons. The van der Waals surface area contributed by atoms with E-state index in [0.29, 0.717) is 48.5 Å². The molecule has 0 aliphatic heterocycles. The summed E-state index contributed by atoms with van der Waals surface area (Å²) in [6, 6.07) is 10.8. The van der Waals surface area contributed by atoms with Crippen molar-refractivity contribution >= 4 is 22.9 Å². The zero-order chi connectivity index (χ0) is 19.2. The number of aryl methyl sites for hydroxylation is 1. The number of pyridine rings is 1. The zero-order valence-corrected chi connectivity index (χ0v) is 16.1. The normalized spacial score (nSPS) is 10.9. The van der Waals surface area contributed by atoms with E-state index >= 15 is 0 Å². The minimum atomic E-state index is -0.111.